The maximum atomic E-state index is 11.2. The first-order valence-electron chi connectivity index (χ1n) is 4.02. The predicted molar refractivity (Wildman–Crippen MR) is 40.7 cm³/mol. The number of nitrogens with two attached hydrogens (primary N) is 1. The average molecular weight is 186 g/mol. The predicted octanol–water partition coefficient (Wildman–Crippen LogP) is -1.40. The minimum absolute atomic E-state index is 0.0307. The quantitative estimate of drug-likeness (QED) is 0.526. The Labute approximate surface area is 74.4 Å². The van der Waals surface area contributed by atoms with Gasteiger partial charge < -0.3 is 20.5 Å². The summed E-state index contributed by atoms with van der Waals surface area (Å²) in [5.41, 5.74) is 4.84. The molecule has 3 atom stereocenters. The zero-order chi connectivity index (χ0) is 9.42. The van der Waals surface area contributed by atoms with E-state index in [9.17, 15) is 9.59 Å². The van der Waals surface area contributed by atoms with Crippen LogP contribution in [0.1, 0.15) is 0 Å². The summed E-state index contributed by atoms with van der Waals surface area (Å²) in [5, 5.41) is 2.67. The molecule has 6 heteroatoms. The molecule has 2 fully saturated rings. The molecule has 0 aromatic carbocycles. The van der Waals surface area contributed by atoms with Gasteiger partial charge in [-0.1, -0.05) is 0 Å². The van der Waals surface area contributed by atoms with Gasteiger partial charge in [0.2, 0.25) is 0 Å². The highest BCUT2D eigenvalue weighted by Gasteiger charge is 2.47. The van der Waals surface area contributed by atoms with Crippen LogP contribution in [0.25, 0.3) is 0 Å². The molecule has 13 heavy (non-hydrogen) atoms. The molecule has 0 aromatic rings. The molecule has 0 unspecified atom stereocenters. The van der Waals surface area contributed by atoms with Gasteiger partial charge in [-0.05, 0) is 0 Å². The van der Waals surface area contributed by atoms with Gasteiger partial charge in [-0.3, -0.25) is 4.79 Å². The van der Waals surface area contributed by atoms with Gasteiger partial charge in [0.1, 0.15) is 0 Å². The van der Waals surface area contributed by atoms with E-state index in [1.165, 1.54) is 0 Å². The van der Waals surface area contributed by atoms with Gasteiger partial charge in [0.25, 0.3) is 5.91 Å². The van der Waals surface area contributed by atoms with Crippen molar-refractivity contribution in [1.29, 1.82) is 0 Å². The lowest BCUT2D eigenvalue weighted by Gasteiger charge is -2.12. The van der Waals surface area contributed by atoms with Crippen molar-refractivity contribution in [3.63, 3.8) is 0 Å². The summed E-state index contributed by atoms with van der Waals surface area (Å²) in [5.74, 6) is -0.364. The topological polar surface area (TPSA) is 90.7 Å². The van der Waals surface area contributed by atoms with Crippen LogP contribution in [0, 0.1) is 5.92 Å². The van der Waals surface area contributed by atoms with Crippen molar-refractivity contribution in [3.05, 3.63) is 0 Å². The van der Waals surface area contributed by atoms with E-state index in [0.717, 1.165) is 0 Å². The van der Waals surface area contributed by atoms with Crippen molar-refractivity contribution < 1.29 is 19.1 Å². The van der Waals surface area contributed by atoms with E-state index in [1.807, 2.05) is 0 Å². The summed E-state index contributed by atoms with van der Waals surface area (Å²) in [4.78, 5) is 21.7. The molecule has 2 amide bonds. The smallest absolute Gasteiger partial charge is 0.405 e. The summed E-state index contributed by atoms with van der Waals surface area (Å²) in [7, 11) is 0. The maximum absolute atomic E-state index is 11.2. The van der Waals surface area contributed by atoms with Gasteiger partial charge in [0, 0.05) is 0 Å². The molecule has 2 heterocycles. The van der Waals surface area contributed by atoms with Crippen LogP contribution in [-0.4, -0.2) is 37.4 Å². The zero-order valence-electron chi connectivity index (χ0n) is 6.86. The van der Waals surface area contributed by atoms with Gasteiger partial charge in [0.05, 0.1) is 25.2 Å². The summed E-state index contributed by atoms with van der Waals surface area (Å²) >= 11 is 0. The molecule has 3 N–H and O–H groups in total. The van der Waals surface area contributed by atoms with Crippen LogP contribution in [0.15, 0.2) is 0 Å². The highest BCUT2D eigenvalue weighted by atomic mass is 16.6. The Bertz CT molecular complexity index is 255. The van der Waals surface area contributed by atoms with E-state index in [1.54, 1.807) is 0 Å². The summed E-state index contributed by atoms with van der Waals surface area (Å²) in [6.07, 6.45) is -1.70. The number of amides is 2. The number of fused-ring (bicyclic) bond motifs is 1. The third kappa shape index (κ3) is 1.33. The summed E-state index contributed by atoms with van der Waals surface area (Å²) in [6, 6.07) is -0.0307. The van der Waals surface area contributed by atoms with E-state index in [2.05, 4.69) is 10.1 Å². The van der Waals surface area contributed by atoms with Crippen LogP contribution in [-0.2, 0) is 14.3 Å². The van der Waals surface area contributed by atoms with Crippen molar-refractivity contribution in [3.8, 4) is 0 Å². The van der Waals surface area contributed by atoms with Gasteiger partial charge in [-0.2, -0.15) is 0 Å². The molecule has 0 saturated carbocycles. The SMILES string of the molecule is NC(=O)O[C@H]1C(=O)N[C@H]2COC[C@@H]21. The maximum Gasteiger partial charge on any atom is 0.405 e. The Kier molecular flexibility index (Phi) is 1.84. The zero-order valence-corrected chi connectivity index (χ0v) is 6.86. The largest absolute Gasteiger partial charge is 0.436 e. The molecule has 0 aromatic heterocycles. The second-order valence-electron chi connectivity index (χ2n) is 3.17. The Hall–Kier alpha value is -1.30. The molecular weight excluding hydrogens is 176 g/mol. The summed E-state index contributed by atoms with van der Waals surface area (Å²) < 4.78 is 9.81. The van der Waals surface area contributed by atoms with E-state index in [-0.39, 0.29) is 17.9 Å². The Morgan fingerprint density at radius 2 is 2.38 bits per heavy atom. The van der Waals surface area contributed by atoms with Crippen LogP contribution >= 0.6 is 0 Å². The molecule has 0 spiro atoms. The number of hydrogen-bond donors (Lipinski definition) is 2. The lowest BCUT2D eigenvalue weighted by Crippen LogP contribution is -2.34. The molecule has 72 valence electrons. The Morgan fingerprint density at radius 1 is 1.62 bits per heavy atom. The third-order valence-electron chi connectivity index (χ3n) is 2.34. The van der Waals surface area contributed by atoms with Crippen LogP contribution in [0.5, 0.6) is 0 Å². The molecule has 2 rings (SSSR count). The van der Waals surface area contributed by atoms with E-state index in [4.69, 9.17) is 10.5 Å². The minimum Gasteiger partial charge on any atom is -0.436 e. The third-order valence-corrected chi connectivity index (χ3v) is 2.34. The lowest BCUT2D eigenvalue weighted by atomic mass is 10.0. The highest BCUT2D eigenvalue weighted by molar-refractivity contribution is 5.86. The van der Waals surface area contributed by atoms with Gasteiger partial charge in [-0.25, -0.2) is 4.79 Å². The first-order chi connectivity index (χ1) is 6.18. The molecule has 0 radical (unpaired) electrons. The average Bonchev–Trinajstić information content (AvgIpc) is 2.55. The first kappa shape index (κ1) is 8.31. The van der Waals surface area contributed by atoms with Crippen molar-refractivity contribution in [2.45, 2.75) is 12.1 Å². The van der Waals surface area contributed by atoms with E-state index in [0.29, 0.717) is 13.2 Å². The van der Waals surface area contributed by atoms with Gasteiger partial charge >= 0.3 is 6.09 Å². The molecule has 0 aliphatic carbocycles. The van der Waals surface area contributed by atoms with Crippen molar-refractivity contribution >= 4 is 12.0 Å². The molecule has 0 bridgehead atoms. The molecule has 6 nitrogen and oxygen atoms in total. The van der Waals surface area contributed by atoms with Crippen molar-refractivity contribution in [2.75, 3.05) is 13.2 Å². The second-order valence-corrected chi connectivity index (χ2v) is 3.17. The molecule has 2 aliphatic heterocycles. The Morgan fingerprint density at radius 3 is 3.08 bits per heavy atom. The number of ether oxygens (including phenoxy) is 2. The number of rotatable bonds is 1. The van der Waals surface area contributed by atoms with Crippen LogP contribution < -0.4 is 11.1 Å². The number of nitrogens with one attached hydrogen (secondary N) is 1. The standard InChI is InChI=1S/C7H10N2O4/c8-7(11)13-5-3-1-12-2-4(3)9-6(5)10/h3-5H,1-2H2,(H2,8,11)(H,9,10)/t3-,4-,5+/m0/s1. The fourth-order valence-corrected chi connectivity index (χ4v) is 1.74. The fourth-order valence-electron chi connectivity index (χ4n) is 1.74. The number of primary amides is 1. The minimum atomic E-state index is -0.923. The van der Waals surface area contributed by atoms with Crippen molar-refractivity contribution in [1.82, 2.24) is 5.32 Å². The van der Waals surface area contributed by atoms with Crippen molar-refractivity contribution in [2.24, 2.45) is 11.7 Å². The van der Waals surface area contributed by atoms with Gasteiger partial charge in [0.15, 0.2) is 6.10 Å². The van der Waals surface area contributed by atoms with E-state index >= 15 is 0 Å². The monoisotopic (exact) mass is 186 g/mol. The lowest BCUT2D eigenvalue weighted by molar-refractivity contribution is -0.128. The van der Waals surface area contributed by atoms with Crippen LogP contribution in [0.3, 0.4) is 0 Å². The number of hydrogen-bond acceptors (Lipinski definition) is 4. The summed E-state index contributed by atoms with van der Waals surface area (Å²) in [6.45, 7) is 0.913. The number of carbonyl (C=O) groups is 2. The second kappa shape index (κ2) is 2.88. The first-order valence-corrected chi connectivity index (χ1v) is 4.02. The molecular formula is C7H10N2O4. The number of carbonyl (C=O) groups excluding carboxylic acids is 2. The Balaban J connectivity index is 2.08. The van der Waals surface area contributed by atoms with E-state index < -0.39 is 12.2 Å². The highest BCUT2D eigenvalue weighted by Crippen LogP contribution is 2.25. The van der Waals surface area contributed by atoms with Crippen LogP contribution in [0.2, 0.25) is 0 Å². The fraction of sp³-hybridized carbons (Fsp3) is 0.714. The van der Waals surface area contributed by atoms with Gasteiger partial charge in [-0.15, -0.1) is 0 Å². The molecule has 2 saturated heterocycles. The normalized spacial score (nSPS) is 36.9. The van der Waals surface area contributed by atoms with Crippen LogP contribution in [0.4, 0.5) is 4.79 Å². The molecule has 2 aliphatic rings.